The molecule has 0 fully saturated rings. The lowest BCUT2D eigenvalue weighted by molar-refractivity contribution is -0.144. The average molecular weight is 313 g/mol. The van der Waals surface area contributed by atoms with Gasteiger partial charge in [-0.25, -0.2) is 9.18 Å². The van der Waals surface area contributed by atoms with Crippen LogP contribution in [0.25, 0.3) is 0 Å². The van der Waals surface area contributed by atoms with Crippen LogP contribution in [0.3, 0.4) is 0 Å². The second-order valence-corrected chi connectivity index (χ2v) is 5.03. The van der Waals surface area contributed by atoms with Gasteiger partial charge in [-0.2, -0.15) is 0 Å². The lowest BCUT2D eigenvalue weighted by atomic mass is 9.95. The molecule has 1 rings (SSSR count). The molecule has 1 aromatic carbocycles. The van der Waals surface area contributed by atoms with Gasteiger partial charge in [0.2, 0.25) is 0 Å². The third-order valence-electron chi connectivity index (χ3n) is 3.33. The molecule has 1 atom stereocenters. The zero-order chi connectivity index (χ0) is 16.9. The number of ether oxygens (including phenoxy) is 2. The van der Waals surface area contributed by atoms with Gasteiger partial charge in [0.25, 0.3) is 5.91 Å². The number of aliphatic carboxylic acids is 1. The second kappa shape index (κ2) is 7.11. The number of carboxylic acid groups (broad SMARTS) is 1. The summed E-state index contributed by atoms with van der Waals surface area (Å²) in [5.74, 6) is -2.49. The second-order valence-electron chi connectivity index (χ2n) is 5.03. The Morgan fingerprint density at radius 1 is 1.27 bits per heavy atom. The number of carbonyl (C=O) groups is 2. The van der Waals surface area contributed by atoms with Gasteiger partial charge in [-0.05, 0) is 19.4 Å². The molecule has 0 saturated carbocycles. The van der Waals surface area contributed by atoms with Crippen molar-refractivity contribution >= 4 is 11.9 Å². The first kappa shape index (κ1) is 17.7. The van der Waals surface area contributed by atoms with E-state index in [1.54, 1.807) is 6.92 Å². The van der Waals surface area contributed by atoms with Crippen LogP contribution in [-0.2, 0) is 4.79 Å². The molecule has 0 heterocycles. The number of hydrogen-bond donors (Lipinski definition) is 2. The topological polar surface area (TPSA) is 84.9 Å². The number of amides is 1. The van der Waals surface area contributed by atoms with Gasteiger partial charge in [-0.3, -0.25) is 4.79 Å². The summed E-state index contributed by atoms with van der Waals surface area (Å²) in [6, 6.07) is 2.20. The molecule has 0 saturated heterocycles. The molecule has 122 valence electrons. The first-order valence-corrected chi connectivity index (χ1v) is 6.76. The third kappa shape index (κ3) is 3.66. The van der Waals surface area contributed by atoms with E-state index in [9.17, 15) is 19.1 Å². The van der Waals surface area contributed by atoms with E-state index in [-0.39, 0.29) is 23.5 Å². The Morgan fingerprint density at radius 3 is 2.27 bits per heavy atom. The fraction of sp³-hybridized carbons (Fsp3) is 0.467. The monoisotopic (exact) mass is 313 g/mol. The van der Waals surface area contributed by atoms with Gasteiger partial charge in [0.15, 0.2) is 11.5 Å². The molecule has 22 heavy (non-hydrogen) atoms. The molecular weight excluding hydrogens is 293 g/mol. The van der Waals surface area contributed by atoms with Gasteiger partial charge in [0.05, 0.1) is 19.8 Å². The minimum atomic E-state index is -1.47. The summed E-state index contributed by atoms with van der Waals surface area (Å²) >= 11 is 0. The lowest BCUT2D eigenvalue weighted by Crippen LogP contribution is -2.52. The summed E-state index contributed by atoms with van der Waals surface area (Å²) in [5.41, 5.74) is -1.77. The van der Waals surface area contributed by atoms with Crippen molar-refractivity contribution in [2.24, 2.45) is 0 Å². The molecule has 1 aromatic rings. The Kier molecular flexibility index (Phi) is 5.73. The minimum absolute atomic E-state index is 0.145. The van der Waals surface area contributed by atoms with Gasteiger partial charge >= 0.3 is 5.97 Å². The number of rotatable bonds is 7. The summed E-state index contributed by atoms with van der Waals surface area (Å²) in [4.78, 5) is 23.6. The van der Waals surface area contributed by atoms with Crippen LogP contribution in [0.5, 0.6) is 11.5 Å². The van der Waals surface area contributed by atoms with E-state index in [0.717, 1.165) is 6.07 Å². The van der Waals surface area contributed by atoms with E-state index in [4.69, 9.17) is 9.47 Å². The summed E-state index contributed by atoms with van der Waals surface area (Å²) in [6.45, 7) is 3.18. The molecule has 2 N–H and O–H groups in total. The normalized spacial score (nSPS) is 13.1. The summed E-state index contributed by atoms with van der Waals surface area (Å²) in [7, 11) is 2.70. The van der Waals surface area contributed by atoms with Gasteiger partial charge < -0.3 is 19.9 Å². The molecule has 0 aliphatic heterocycles. The molecule has 0 aliphatic rings. The van der Waals surface area contributed by atoms with Crippen molar-refractivity contribution in [2.75, 3.05) is 14.2 Å². The van der Waals surface area contributed by atoms with Gasteiger partial charge in [0.1, 0.15) is 11.4 Å². The van der Waals surface area contributed by atoms with Crippen LogP contribution in [-0.4, -0.2) is 36.7 Å². The molecular formula is C15H20FNO5. The number of hydrogen-bond acceptors (Lipinski definition) is 4. The highest BCUT2D eigenvalue weighted by Gasteiger charge is 2.34. The van der Waals surface area contributed by atoms with E-state index < -0.39 is 23.2 Å². The molecule has 0 spiro atoms. The quantitative estimate of drug-likeness (QED) is 0.806. The first-order chi connectivity index (χ1) is 10.3. The SMILES string of the molecule is CCCC(C)(NC(=O)c1cc(OC)c(OC)cc1F)C(=O)O. The molecule has 0 radical (unpaired) electrons. The summed E-state index contributed by atoms with van der Waals surface area (Å²) < 4.78 is 24.0. The van der Waals surface area contributed by atoms with E-state index in [1.807, 2.05) is 0 Å². The van der Waals surface area contributed by atoms with Crippen molar-refractivity contribution < 1.29 is 28.6 Å². The largest absolute Gasteiger partial charge is 0.493 e. The van der Waals surface area contributed by atoms with Crippen molar-refractivity contribution in [3.05, 3.63) is 23.5 Å². The Balaban J connectivity index is 3.15. The Hall–Kier alpha value is -2.31. The van der Waals surface area contributed by atoms with E-state index >= 15 is 0 Å². The number of benzene rings is 1. The summed E-state index contributed by atoms with van der Waals surface area (Å²) in [6.07, 6.45) is 0.778. The van der Waals surface area contributed by atoms with Crippen LogP contribution < -0.4 is 14.8 Å². The minimum Gasteiger partial charge on any atom is -0.493 e. The lowest BCUT2D eigenvalue weighted by Gasteiger charge is -2.26. The maximum absolute atomic E-state index is 14.0. The fourth-order valence-corrected chi connectivity index (χ4v) is 2.07. The number of nitrogens with one attached hydrogen (secondary N) is 1. The molecule has 1 unspecified atom stereocenters. The first-order valence-electron chi connectivity index (χ1n) is 6.76. The van der Waals surface area contributed by atoms with Crippen LogP contribution in [0.15, 0.2) is 12.1 Å². The van der Waals surface area contributed by atoms with Gasteiger partial charge in [0, 0.05) is 6.07 Å². The van der Waals surface area contributed by atoms with Crippen molar-refractivity contribution in [3.63, 3.8) is 0 Å². The third-order valence-corrected chi connectivity index (χ3v) is 3.33. The fourth-order valence-electron chi connectivity index (χ4n) is 2.07. The molecule has 0 aromatic heterocycles. The molecule has 1 amide bonds. The van der Waals surface area contributed by atoms with Crippen molar-refractivity contribution in [1.82, 2.24) is 5.32 Å². The van der Waals surface area contributed by atoms with Crippen molar-refractivity contribution in [2.45, 2.75) is 32.2 Å². The van der Waals surface area contributed by atoms with Crippen molar-refractivity contribution in [3.8, 4) is 11.5 Å². The number of methoxy groups -OCH3 is 2. The number of carboxylic acids is 1. The molecule has 7 heteroatoms. The Morgan fingerprint density at radius 2 is 1.82 bits per heavy atom. The maximum Gasteiger partial charge on any atom is 0.329 e. The van der Waals surface area contributed by atoms with E-state index in [0.29, 0.717) is 6.42 Å². The average Bonchev–Trinajstić information content (AvgIpc) is 2.46. The maximum atomic E-state index is 14.0. The zero-order valence-corrected chi connectivity index (χ0v) is 13.0. The molecule has 0 bridgehead atoms. The van der Waals surface area contributed by atoms with Crippen LogP contribution in [0.1, 0.15) is 37.0 Å². The molecule has 6 nitrogen and oxygen atoms in total. The van der Waals surface area contributed by atoms with E-state index in [2.05, 4.69) is 5.32 Å². The van der Waals surface area contributed by atoms with Crippen LogP contribution in [0.4, 0.5) is 4.39 Å². The Labute approximate surface area is 128 Å². The highest BCUT2D eigenvalue weighted by Crippen LogP contribution is 2.30. The van der Waals surface area contributed by atoms with Crippen molar-refractivity contribution in [1.29, 1.82) is 0 Å². The predicted molar refractivity (Wildman–Crippen MR) is 77.9 cm³/mol. The standard InChI is InChI=1S/C15H20FNO5/c1-5-6-15(2,14(19)20)17-13(18)9-7-11(21-3)12(22-4)8-10(9)16/h7-8H,5-6H2,1-4H3,(H,17,18)(H,19,20). The highest BCUT2D eigenvalue weighted by molar-refractivity contribution is 5.98. The van der Waals surface area contributed by atoms with E-state index in [1.165, 1.54) is 27.2 Å². The highest BCUT2D eigenvalue weighted by atomic mass is 19.1. The van der Waals surface area contributed by atoms with Gasteiger partial charge in [-0.1, -0.05) is 13.3 Å². The predicted octanol–water partition coefficient (Wildman–Crippen LogP) is 2.22. The Bertz CT molecular complexity index is 575. The number of carbonyl (C=O) groups excluding carboxylic acids is 1. The number of halogens is 1. The van der Waals surface area contributed by atoms with Gasteiger partial charge in [-0.15, -0.1) is 0 Å². The van der Waals surface area contributed by atoms with Crippen LogP contribution in [0, 0.1) is 5.82 Å². The van der Waals surface area contributed by atoms with Crippen LogP contribution in [0.2, 0.25) is 0 Å². The smallest absolute Gasteiger partial charge is 0.329 e. The zero-order valence-electron chi connectivity index (χ0n) is 13.0. The summed E-state index contributed by atoms with van der Waals surface area (Å²) in [5, 5.41) is 11.6. The molecule has 0 aliphatic carbocycles. The van der Waals surface area contributed by atoms with Crippen LogP contribution >= 0.6 is 0 Å².